The van der Waals surface area contributed by atoms with Gasteiger partial charge in [0.2, 0.25) is 0 Å². The lowest BCUT2D eigenvalue weighted by molar-refractivity contribution is 0.0948. The van der Waals surface area contributed by atoms with Crippen LogP contribution in [0.3, 0.4) is 0 Å². The number of ketones is 1. The Hall–Kier alpha value is -1.88. The summed E-state index contributed by atoms with van der Waals surface area (Å²) in [5.41, 5.74) is 2.32. The van der Waals surface area contributed by atoms with Crippen molar-refractivity contribution in [3.8, 4) is 0 Å². The third kappa shape index (κ3) is 3.32. The van der Waals surface area contributed by atoms with Crippen LogP contribution < -0.4 is 10.6 Å². The minimum Gasteiger partial charge on any atom is -0.347 e. The number of nitrogens with zero attached hydrogens (tertiary/aromatic N) is 1. The van der Waals surface area contributed by atoms with Gasteiger partial charge in [-0.05, 0) is 26.0 Å². The molecule has 0 spiro atoms. The number of carbonyl (C=O) groups is 2. The summed E-state index contributed by atoms with van der Waals surface area (Å²) in [5.74, 6) is -0.176. The Bertz CT molecular complexity index is 529. The van der Waals surface area contributed by atoms with Crippen LogP contribution in [0.5, 0.6) is 0 Å². The molecule has 102 valence electrons. The highest BCUT2D eigenvalue weighted by Gasteiger charge is 2.14. The van der Waals surface area contributed by atoms with Gasteiger partial charge < -0.3 is 15.2 Å². The predicted octanol–water partition coefficient (Wildman–Crippen LogP) is 0.877. The van der Waals surface area contributed by atoms with Crippen molar-refractivity contribution in [1.29, 1.82) is 0 Å². The van der Waals surface area contributed by atoms with Gasteiger partial charge in [0, 0.05) is 31.9 Å². The van der Waals surface area contributed by atoms with Crippen LogP contribution in [0.4, 0.5) is 0 Å². The van der Waals surface area contributed by atoms with Gasteiger partial charge in [0.25, 0.3) is 5.91 Å². The first-order chi connectivity index (χ1) is 9.08. The maximum absolute atomic E-state index is 12.1. The van der Waals surface area contributed by atoms with E-state index in [0.29, 0.717) is 17.8 Å². The second-order valence-corrected chi connectivity index (χ2v) is 4.78. The van der Waals surface area contributed by atoms with Crippen molar-refractivity contribution in [2.75, 3.05) is 19.6 Å². The molecule has 5 nitrogen and oxygen atoms in total. The highest BCUT2D eigenvalue weighted by atomic mass is 16.2. The molecular weight excluding hydrogens is 242 g/mol. The van der Waals surface area contributed by atoms with Gasteiger partial charge in [0.15, 0.2) is 5.78 Å². The van der Waals surface area contributed by atoms with Gasteiger partial charge in [0.05, 0.1) is 0 Å². The van der Waals surface area contributed by atoms with E-state index in [2.05, 4.69) is 16.7 Å². The number of aryl methyl sites for hydroxylation is 1. The molecule has 1 amide bonds. The zero-order chi connectivity index (χ0) is 13.8. The van der Waals surface area contributed by atoms with Crippen molar-refractivity contribution in [3.05, 3.63) is 35.2 Å². The topological polar surface area (TPSA) is 63.1 Å². The molecule has 0 atom stereocenters. The van der Waals surface area contributed by atoms with E-state index < -0.39 is 0 Å². The molecule has 0 saturated heterocycles. The van der Waals surface area contributed by atoms with Crippen LogP contribution in [-0.4, -0.2) is 35.9 Å². The standard InChI is InChI=1S/C14H19N3O2/c1-10(18)12-7-13(17(2)9-12)14(19)16-8-11-3-5-15-6-4-11/h3,7,9,15H,4-6,8H2,1-2H3,(H,16,19). The van der Waals surface area contributed by atoms with E-state index in [0.717, 1.165) is 19.5 Å². The molecule has 0 bridgehead atoms. The zero-order valence-electron chi connectivity index (χ0n) is 11.3. The number of carbonyl (C=O) groups excluding carboxylic acids is 2. The number of hydrogen-bond donors (Lipinski definition) is 2. The van der Waals surface area contributed by atoms with E-state index in [1.807, 2.05) is 0 Å². The predicted molar refractivity (Wildman–Crippen MR) is 73.3 cm³/mol. The Morgan fingerprint density at radius 3 is 2.84 bits per heavy atom. The SMILES string of the molecule is CC(=O)c1cc(C(=O)NCC2=CCNCC2)n(C)c1. The monoisotopic (exact) mass is 261 g/mol. The lowest BCUT2D eigenvalue weighted by Crippen LogP contribution is -2.30. The molecule has 1 aliphatic heterocycles. The molecule has 0 aromatic carbocycles. The first-order valence-electron chi connectivity index (χ1n) is 6.42. The summed E-state index contributed by atoms with van der Waals surface area (Å²) < 4.78 is 1.68. The lowest BCUT2D eigenvalue weighted by Gasteiger charge is -2.14. The van der Waals surface area contributed by atoms with E-state index in [1.54, 1.807) is 23.9 Å². The van der Waals surface area contributed by atoms with Crippen LogP contribution in [0.2, 0.25) is 0 Å². The first-order valence-corrected chi connectivity index (χ1v) is 6.42. The van der Waals surface area contributed by atoms with Gasteiger partial charge in [-0.15, -0.1) is 0 Å². The molecule has 0 saturated carbocycles. The van der Waals surface area contributed by atoms with Gasteiger partial charge in [-0.2, -0.15) is 0 Å². The number of amides is 1. The van der Waals surface area contributed by atoms with E-state index in [4.69, 9.17) is 0 Å². The van der Waals surface area contributed by atoms with Crippen LogP contribution >= 0.6 is 0 Å². The molecule has 0 radical (unpaired) electrons. The van der Waals surface area contributed by atoms with Crippen molar-refractivity contribution in [1.82, 2.24) is 15.2 Å². The molecule has 1 aliphatic rings. The van der Waals surface area contributed by atoms with Crippen LogP contribution in [0.1, 0.15) is 34.2 Å². The van der Waals surface area contributed by atoms with E-state index >= 15 is 0 Å². The molecule has 2 N–H and O–H groups in total. The minimum absolute atomic E-state index is 0.0317. The zero-order valence-corrected chi connectivity index (χ0v) is 11.3. The Kier molecular flexibility index (Phi) is 4.16. The van der Waals surface area contributed by atoms with Crippen molar-refractivity contribution < 1.29 is 9.59 Å². The number of aromatic nitrogens is 1. The van der Waals surface area contributed by atoms with Gasteiger partial charge >= 0.3 is 0 Å². The van der Waals surface area contributed by atoms with E-state index in [1.165, 1.54) is 12.5 Å². The summed E-state index contributed by atoms with van der Waals surface area (Å²) in [6.45, 7) is 3.89. The highest BCUT2D eigenvalue weighted by Crippen LogP contribution is 2.09. The van der Waals surface area contributed by atoms with Crippen LogP contribution in [0, 0.1) is 0 Å². The normalized spacial score (nSPS) is 14.9. The van der Waals surface area contributed by atoms with Gasteiger partial charge in [-0.25, -0.2) is 0 Å². The summed E-state index contributed by atoms with van der Waals surface area (Å²) in [7, 11) is 1.77. The van der Waals surface area contributed by atoms with E-state index in [-0.39, 0.29) is 11.7 Å². The molecule has 1 aromatic heterocycles. The second-order valence-electron chi connectivity index (χ2n) is 4.78. The Labute approximate surface area is 112 Å². The fraction of sp³-hybridized carbons (Fsp3) is 0.429. The third-order valence-electron chi connectivity index (χ3n) is 3.28. The molecular formula is C14H19N3O2. The Morgan fingerprint density at radius 2 is 2.26 bits per heavy atom. The Balaban J connectivity index is 1.99. The summed E-state index contributed by atoms with van der Waals surface area (Å²) in [6, 6.07) is 1.63. The molecule has 1 aromatic rings. The molecule has 2 rings (SSSR count). The summed E-state index contributed by atoms with van der Waals surface area (Å²) in [5, 5.41) is 6.12. The summed E-state index contributed by atoms with van der Waals surface area (Å²) in [4.78, 5) is 23.3. The molecule has 0 aliphatic carbocycles. The highest BCUT2D eigenvalue weighted by molar-refractivity contribution is 5.99. The van der Waals surface area contributed by atoms with Gasteiger partial charge in [-0.1, -0.05) is 11.6 Å². The number of rotatable bonds is 4. The number of Topliss-reactive ketones (excluding diaryl/α,β-unsaturated/α-hetero) is 1. The van der Waals surface area contributed by atoms with Crippen LogP contribution in [0.15, 0.2) is 23.9 Å². The minimum atomic E-state index is -0.144. The van der Waals surface area contributed by atoms with Crippen LogP contribution in [0.25, 0.3) is 0 Å². The van der Waals surface area contributed by atoms with Crippen molar-refractivity contribution in [2.24, 2.45) is 7.05 Å². The Morgan fingerprint density at radius 1 is 1.47 bits per heavy atom. The fourth-order valence-electron chi connectivity index (χ4n) is 2.10. The molecule has 0 fully saturated rings. The summed E-state index contributed by atoms with van der Waals surface area (Å²) >= 11 is 0. The van der Waals surface area contributed by atoms with Gasteiger partial charge in [-0.3, -0.25) is 9.59 Å². The van der Waals surface area contributed by atoms with E-state index in [9.17, 15) is 9.59 Å². The third-order valence-corrected chi connectivity index (χ3v) is 3.28. The number of hydrogen-bond acceptors (Lipinski definition) is 3. The second kappa shape index (κ2) is 5.84. The smallest absolute Gasteiger partial charge is 0.268 e. The molecule has 2 heterocycles. The van der Waals surface area contributed by atoms with Gasteiger partial charge in [0.1, 0.15) is 5.69 Å². The van der Waals surface area contributed by atoms with Crippen molar-refractivity contribution in [2.45, 2.75) is 13.3 Å². The average Bonchev–Trinajstić information content (AvgIpc) is 2.80. The largest absolute Gasteiger partial charge is 0.347 e. The number of nitrogens with one attached hydrogen (secondary N) is 2. The van der Waals surface area contributed by atoms with Crippen molar-refractivity contribution >= 4 is 11.7 Å². The molecule has 19 heavy (non-hydrogen) atoms. The molecule has 0 unspecified atom stereocenters. The maximum Gasteiger partial charge on any atom is 0.268 e. The lowest BCUT2D eigenvalue weighted by atomic mass is 10.1. The first kappa shape index (κ1) is 13.5. The average molecular weight is 261 g/mol. The maximum atomic E-state index is 12.1. The molecule has 5 heteroatoms. The fourth-order valence-corrected chi connectivity index (χ4v) is 2.10. The van der Waals surface area contributed by atoms with Crippen LogP contribution in [-0.2, 0) is 7.05 Å². The quantitative estimate of drug-likeness (QED) is 0.624. The summed E-state index contributed by atoms with van der Waals surface area (Å²) in [6.07, 6.45) is 4.75. The van der Waals surface area contributed by atoms with Crippen molar-refractivity contribution in [3.63, 3.8) is 0 Å².